The number of aromatic nitrogens is 2. The van der Waals surface area contributed by atoms with Crippen LogP contribution in [-0.2, 0) is 22.5 Å². The van der Waals surface area contributed by atoms with Crippen LogP contribution in [0.4, 0.5) is 4.79 Å². The highest BCUT2D eigenvalue weighted by Gasteiger charge is 2.35. The van der Waals surface area contributed by atoms with Crippen molar-refractivity contribution in [2.24, 2.45) is 0 Å². The van der Waals surface area contributed by atoms with Crippen molar-refractivity contribution in [2.45, 2.75) is 58.3 Å². The molecule has 1 saturated heterocycles. The second-order valence-electron chi connectivity index (χ2n) is 9.48. The predicted molar refractivity (Wildman–Crippen MR) is 120 cm³/mol. The summed E-state index contributed by atoms with van der Waals surface area (Å²) in [5, 5.41) is 1.09. The molecule has 1 amide bonds. The first-order chi connectivity index (χ1) is 14.9. The molecule has 6 nitrogen and oxygen atoms in total. The van der Waals surface area contributed by atoms with Gasteiger partial charge in [0.2, 0.25) is 0 Å². The van der Waals surface area contributed by atoms with Crippen molar-refractivity contribution in [2.75, 3.05) is 13.2 Å². The van der Waals surface area contributed by atoms with E-state index in [0.29, 0.717) is 6.61 Å². The van der Waals surface area contributed by atoms with Gasteiger partial charge in [-0.2, -0.15) is 0 Å². The lowest BCUT2D eigenvalue weighted by molar-refractivity contribution is 0.0221. The zero-order chi connectivity index (χ0) is 21.6. The number of rotatable bonds is 2. The Morgan fingerprint density at radius 3 is 2.97 bits per heavy atom. The van der Waals surface area contributed by atoms with E-state index in [-0.39, 0.29) is 12.1 Å². The van der Waals surface area contributed by atoms with Crippen molar-refractivity contribution in [1.82, 2.24) is 14.9 Å². The van der Waals surface area contributed by atoms with Crippen LogP contribution in [0, 0.1) is 0 Å². The Balaban J connectivity index is 1.57. The number of carbonyl (C=O) groups is 1. The van der Waals surface area contributed by atoms with Gasteiger partial charge in [0.05, 0.1) is 19.3 Å². The maximum atomic E-state index is 12.9. The van der Waals surface area contributed by atoms with Crippen molar-refractivity contribution < 1.29 is 14.3 Å². The Hall–Kier alpha value is -2.86. The normalized spacial score (nSPS) is 18.9. The van der Waals surface area contributed by atoms with Gasteiger partial charge in [-0.05, 0) is 80.5 Å². The molecule has 2 aromatic heterocycles. The van der Waals surface area contributed by atoms with Gasteiger partial charge in [-0.1, -0.05) is 6.07 Å². The van der Waals surface area contributed by atoms with Crippen LogP contribution in [0.2, 0.25) is 0 Å². The van der Waals surface area contributed by atoms with E-state index < -0.39 is 5.60 Å². The van der Waals surface area contributed by atoms with Gasteiger partial charge in [0.1, 0.15) is 11.2 Å². The third-order valence-corrected chi connectivity index (χ3v) is 6.11. The molecule has 0 radical (unpaired) electrons. The van der Waals surface area contributed by atoms with Crippen molar-refractivity contribution in [3.05, 3.63) is 53.3 Å². The molecule has 1 atom stereocenters. The molecule has 2 aliphatic heterocycles. The lowest BCUT2D eigenvalue weighted by Gasteiger charge is -2.31. The number of aromatic amines is 1. The van der Waals surface area contributed by atoms with Crippen LogP contribution in [0.3, 0.4) is 0 Å². The molecule has 0 saturated carbocycles. The first-order valence-electron chi connectivity index (χ1n) is 11.1. The van der Waals surface area contributed by atoms with E-state index >= 15 is 0 Å². The van der Waals surface area contributed by atoms with Gasteiger partial charge < -0.3 is 19.4 Å². The number of benzene rings is 1. The number of likely N-dealkylation sites (tertiary alicyclic amines) is 1. The van der Waals surface area contributed by atoms with Crippen LogP contribution in [0.5, 0.6) is 0 Å². The van der Waals surface area contributed by atoms with E-state index in [1.165, 1.54) is 16.7 Å². The SMILES string of the molecule is CC(C)(C)OC(=O)N1CCC[C@H]1c1cc(-c2cnc3[nH]ccc3c2)cc2c1COCC2. The number of nitrogens with zero attached hydrogens (tertiary/aromatic N) is 2. The molecule has 5 rings (SSSR count). The second kappa shape index (κ2) is 7.68. The number of carbonyl (C=O) groups excluding carboxylic acids is 1. The first-order valence-corrected chi connectivity index (χ1v) is 11.1. The van der Waals surface area contributed by atoms with Crippen molar-refractivity contribution in [3.63, 3.8) is 0 Å². The van der Waals surface area contributed by atoms with E-state index in [2.05, 4.69) is 28.2 Å². The summed E-state index contributed by atoms with van der Waals surface area (Å²) in [5.41, 5.74) is 6.33. The Bertz CT molecular complexity index is 1130. The van der Waals surface area contributed by atoms with Gasteiger partial charge in [0.25, 0.3) is 0 Å². The van der Waals surface area contributed by atoms with Crippen LogP contribution >= 0.6 is 0 Å². The molecule has 0 spiro atoms. The molecule has 2 aliphatic rings. The zero-order valence-corrected chi connectivity index (χ0v) is 18.4. The summed E-state index contributed by atoms with van der Waals surface area (Å²) in [6, 6.07) is 8.72. The largest absolute Gasteiger partial charge is 0.444 e. The summed E-state index contributed by atoms with van der Waals surface area (Å²) < 4.78 is 11.5. The molecule has 6 heteroatoms. The molecule has 0 aliphatic carbocycles. The fourth-order valence-electron chi connectivity index (χ4n) is 4.70. The summed E-state index contributed by atoms with van der Waals surface area (Å²) in [6.45, 7) is 7.78. The molecular formula is C25H29N3O3. The summed E-state index contributed by atoms with van der Waals surface area (Å²) in [6.07, 6.45) is 6.39. The number of H-pyrrole nitrogens is 1. The summed E-state index contributed by atoms with van der Waals surface area (Å²) in [4.78, 5) is 22.6. The highest BCUT2D eigenvalue weighted by molar-refractivity contribution is 5.82. The molecule has 4 heterocycles. The van der Waals surface area contributed by atoms with Crippen molar-refractivity contribution in [3.8, 4) is 11.1 Å². The maximum Gasteiger partial charge on any atom is 0.410 e. The minimum atomic E-state index is -0.508. The zero-order valence-electron chi connectivity index (χ0n) is 18.4. The fraction of sp³-hybridized carbons (Fsp3) is 0.440. The van der Waals surface area contributed by atoms with Crippen LogP contribution in [-0.4, -0.2) is 39.7 Å². The number of hydrogen-bond donors (Lipinski definition) is 1. The van der Waals surface area contributed by atoms with Gasteiger partial charge in [-0.3, -0.25) is 0 Å². The van der Waals surface area contributed by atoms with Gasteiger partial charge >= 0.3 is 6.09 Å². The Kier molecular flexibility index (Phi) is 4.97. The number of amides is 1. The van der Waals surface area contributed by atoms with E-state index in [0.717, 1.165) is 54.6 Å². The topological polar surface area (TPSA) is 67.5 Å². The van der Waals surface area contributed by atoms with Crippen LogP contribution in [0.25, 0.3) is 22.2 Å². The maximum absolute atomic E-state index is 12.9. The second-order valence-corrected chi connectivity index (χ2v) is 9.48. The van der Waals surface area contributed by atoms with E-state index in [4.69, 9.17) is 9.47 Å². The Morgan fingerprint density at radius 1 is 1.26 bits per heavy atom. The fourth-order valence-corrected chi connectivity index (χ4v) is 4.70. The highest BCUT2D eigenvalue weighted by Crippen LogP contribution is 2.40. The number of pyridine rings is 1. The Morgan fingerprint density at radius 2 is 2.13 bits per heavy atom. The van der Waals surface area contributed by atoms with Crippen LogP contribution in [0.1, 0.15) is 56.3 Å². The van der Waals surface area contributed by atoms with Gasteiger partial charge in [0.15, 0.2) is 0 Å². The highest BCUT2D eigenvalue weighted by atomic mass is 16.6. The molecule has 1 N–H and O–H groups in total. The van der Waals surface area contributed by atoms with Crippen LogP contribution < -0.4 is 0 Å². The van der Waals surface area contributed by atoms with Gasteiger partial charge in [-0.25, -0.2) is 9.78 Å². The predicted octanol–water partition coefficient (Wildman–Crippen LogP) is 5.37. The molecular weight excluding hydrogens is 390 g/mol. The summed E-state index contributed by atoms with van der Waals surface area (Å²) in [5.74, 6) is 0. The average molecular weight is 420 g/mol. The average Bonchev–Trinajstić information content (AvgIpc) is 3.40. The molecule has 31 heavy (non-hydrogen) atoms. The quantitative estimate of drug-likeness (QED) is 0.606. The van der Waals surface area contributed by atoms with E-state index in [1.807, 2.05) is 44.1 Å². The third-order valence-electron chi connectivity index (χ3n) is 6.11. The van der Waals surface area contributed by atoms with Gasteiger partial charge in [0, 0.05) is 29.9 Å². The third kappa shape index (κ3) is 3.92. The molecule has 3 aromatic rings. The van der Waals surface area contributed by atoms with E-state index in [1.54, 1.807) is 0 Å². The minimum absolute atomic E-state index is 0.00852. The number of nitrogens with one attached hydrogen (secondary N) is 1. The van der Waals surface area contributed by atoms with E-state index in [9.17, 15) is 4.79 Å². The lowest BCUT2D eigenvalue weighted by atomic mass is 9.88. The Labute approximate surface area is 182 Å². The molecule has 1 aromatic carbocycles. The smallest absolute Gasteiger partial charge is 0.410 e. The number of fused-ring (bicyclic) bond motifs is 2. The van der Waals surface area contributed by atoms with Crippen molar-refractivity contribution >= 4 is 17.1 Å². The lowest BCUT2D eigenvalue weighted by Crippen LogP contribution is -2.36. The number of hydrogen-bond acceptors (Lipinski definition) is 4. The van der Waals surface area contributed by atoms with Gasteiger partial charge in [-0.15, -0.1) is 0 Å². The van der Waals surface area contributed by atoms with Crippen LogP contribution in [0.15, 0.2) is 36.7 Å². The van der Waals surface area contributed by atoms with Crippen molar-refractivity contribution in [1.29, 1.82) is 0 Å². The standard InChI is InChI=1S/C25H29N3O3/c1-25(2,3)31-24(29)28-9-4-5-22(28)20-13-18(11-16-7-10-30-15-21(16)20)19-12-17-6-8-26-23(17)27-14-19/h6,8,11-14,22H,4-5,7,9-10,15H2,1-3H3,(H,26,27)/t22-/m0/s1. The minimum Gasteiger partial charge on any atom is -0.444 e. The molecule has 162 valence electrons. The molecule has 0 unspecified atom stereocenters. The monoisotopic (exact) mass is 419 g/mol. The summed E-state index contributed by atoms with van der Waals surface area (Å²) in [7, 11) is 0. The first kappa shape index (κ1) is 20.1. The number of ether oxygens (including phenoxy) is 2. The molecule has 0 bridgehead atoms. The molecule has 1 fully saturated rings. The summed E-state index contributed by atoms with van der Waals surface area (Å²) >= 11 is 0.